The van der Waals surface area contributed by atoms with Crippen LogP contribution >= 0.6 is 11.3 Å². The topological polar surface area (TPSA) is 75.2 Å². The summed E-state index contributed by atoms with van der Waals surface area (Å²) in [5.74, 6) is 1.45. The van der Waals surface area contributed by atoms with E-state index < -0.39 is 0 Å². The molecule has 3 heterocycles. The Kier molecular flexibility index (Phi) is 4.39. The van der Waals surface area contributed by atoms with Crippen LogP contribution in [-0.2, 0) is 19.4 Å². The highest BCUT2D eigenvalue weighted by molar-refractivity contribution is 7.18. The van der Waals surface area contributed by atoms with Crippen LogP contribution in [0.5, 0.6) is 0 Å². The zero-order valence-electron chi connectivity index (χ0n) is 14.6. The van der Waals surface area contributed by atoms with E-state index in [9.17, 15) is 4.79 Å². The summed E-state index contributed by atoms with van der Waals surface area (Å²) in [5.41, 5.74) is 2.28. The van der Waals surface area contributed by atoms with Gasteiger partial charge in [0, 0.05) is 11.1 Å². The van der Waals surface area contributed by atoms with E-state index in [1.807, 2.05) is 18.2 Å². The Labute approximate surface area is 150 Å². The van der Waals surface area contributed by atoms with Gasteiger partial charge in [0.25, 0.3) is 5.56 Å². The molecule has 3 aromatic rings. The molecule has 5 nitrogen and oxygen atoms in total. The number of rotatable bonds is 4. The van der Waals surface area contributed by atoms with Crippen molar-refractivity contribution in [1.82, 2.24) is 15.0 Å². The van der Waals surface area contributed by atoms with Crippen molar-refractivity contribution in [2.45, 2.75) is 45.7 Å². The summed E-state index contributed by atoms with van der Waals surface area (Å²) in [6, 6.07) is 6.00. The van der Waals surface area contributed by atoms with E-state index in [1.165, 1.54) is 10.4 Å². The van der Waals surface area contributed by atoms with Gasteiger partial charge in [0.1, 0.15) is 17.4 Å². The van der Waals surface area contributed by atoms with Gasteiger partial charge in [0.15, 0.2) is 5.82 Å². The van der Waals surface area contributed by atoms with Crippen LogP contribution in [0.25, 0.3) is 10.2 Å². The lowest BCUT2D eigenvalue weighted by Gasteiger charge is -2.17. The van der Waals surface area contributed by atoms with Crippen LogP contribution in [0.3, 0.4) is 0 Å². The highest BCUT2D eigenvalue weighted by atomic mass is 32.1. The molecule has 0 saturated carbocycles. The number of hydrogen-bond donors (Lipinski definition) is 2. The molecule has 3 aromatic heterocycles. The van der Waals surface area contributed by atoms with Gasteiger partial charge in [-0.1, -0.05) is 13.0 Å². The fourth-order valence-electron chi connectivity index (χ4n) is 3.51. The van der Waals surface area contributed by atoms with Gasteiger partial charge >= 0.3 is 0 Å². The second-order valence-electron chi connectivity index (χ2n) is 7.03. The minimum atomic E-state index is 0.0186. The molecule has 25 heavy (non-hydrogen) atoms. The van der Waals surface area contributed by atoms with Gasteiger partial charge in [0.2, 0.25) is 0 Å². The molecule has 0 spiro atoms. The highest BCUT2D eigenvalue weighted by Gasteiger charge is 2.24. The standard InChI is InChI=1S/C19H22N4OS/c1-11-6-7-14-15(9-11)25-19-16(14)18(24)22-17(23-19)12(2)21-10-13-5-3-4-8-20-13/h3-5,8,11-12,21H,6-7,9-10H2,1-2H3,(H,22,23,24)/p+1/t11-,12+/m1/s1. The Morgan fingerprint density at radius 2 is 2.32 bits per heavy atom. The van der Waals surface area contributed by atoms with Gasteiger partial charge in [-0.05, 0) is 49.8 Å². The predicted octanol–water partition coefficient (Wildman–Crippen LogP) is 2.33. The highest BCUT2D eigenvalue weighted by Crippen LogP contribution is 2.35. The van der Waals surface area contributed by atoms with Crippen molar-refractivity contribution in [2.75, 3.05) is 0 Å². The maximum atomic E-state index is 12.7. The summed E-state index contributed by atoms with van der Waals surface area (Å²) >= 11 is 1.71. The lowest BCUT2D eigenvalue weighted by Crippen LogP contribution is -2.83. The first-order valence-electron chi connectivity index (χ1n) is 8.89. The Balaban J connectivity index is 1.61. The first-order chi connectivity index (χ1) is 12.1. The average molecular weight is 355 g/mol. The van der Waals surface area contributed by atoms with E-state index in [4.69, 9.17) is 4.98 Å². The molecule has 0 aromatic carbocycles. The van der Waals surface area contributed by atoms with Crippen LogP contribution in [0, 0.1) is 5.92 Å². The molecule has 0 saturated heterocycles. The molecule has 1 aliphatic carbocycles. The fourth-order valence-corrected chi connectivity index (χ4v) is 4.90. The number of hydrogen-bond acceptors (Lipinski definition) is 4. The number of nitrogens with two attached hydrogens (primary N) is 1. The normalized spacial score (nSPS) is 18.2. The van der Waals surface area contributed by atoms with E-state index in [1.54, 1.807) is 17.5 Å². The molecule has 130 valence electrons. The fraction of sp³-hybridized carbons (Fsp3) is 0.421. The Morgan fingerprint density at radius 3 is 3.12 bits per heavy atom. The van der Waals surface area contributed by atoms with Crippen LogP contribution in [0.15, 0.2) is 29.2 Å². The van der Waals surface area contributed by atoms with Gasteiger partial charge in [-0.25, -0.2) is 4.98 Å². The van der Waals surface area contributed by atoms with E-state index in [-0.39, 0.29) is 11.6 Å². The molecule has 1 aliphatic rings. The zero-order valence-corrected chi connectivity index (χ0v) is 15.4. The van der Waals surface area contributed by atoms with Crippen LogP contribution < -0.4 is 10.9 Å². The SMILES string of the molecule is C[C@@H]1CCc2c(sc3nc([C@H](C)[NH2+]Cc4ccccn4)[nH]c(=O)c23)C1. The number of H-pyrrole nitrogens is 1. The third-order valence-corrected chi connectivity index (χ3v) is 6.17. The van der Waals surface area contributed by atoms with Gasteiger partial charge < -0.3 is 10.3 Å². The molecule has 4 rings (SSSR count). The second-order valence-corrected chi connectivity index (χ2v) is 8.12. The second kappa shape index (κ2) is 6.69. The van der Waals surface area contributed by atoms with Crippen LogP contribution in [0.1, 0.15) is 48.3 Å². The van der Waals surface area contributed by atoms with Crippen molar-refractivity contribution in [3.05, 3.63) is 56.7 Å². The molecule has 3 N–H and O–H groups in total. The average Bonchev–Trinajstić information content (AvgIpc) is 2.98. The maximum Gasteiger partial charge on any atom is 0.260 e. The molecule has 0 radical (unpaired) electrons. The summed E-state index contributed by atoms with van der Waals surface area (Å²) in [6.45, 7) is 5.12. The molecule has 0 fully saturated rings. The quantitative estimate of drug-likeness (QED) is 0.754. The number of nitrogens with one attached hydrogen (secondary N) is 1. The maximum absolute atomic E-state index is 12.7. The van der Waals surface area contributed by atoms with Crippen molar-refractivity contribution in [1.29, 1.82) is 0 Å². The minimum Gasteiger partial charge on any atom is -0.333 e. The van der Waals surface area contributed by atoms with Gasteiger partial charge in [-0.15, -0.1) is 11.3 Å². The van der Waals surface area contributed by atoms with Crippen molar-refractivity contribution < 1.29 is 5.32 Å². The Morgan fingerprint density at radius 1 is 1.44 bits per heavy atom. The van der Waals surface area contributed by atoms with Crippen molar-refractivity contribution >= 4 is 21.6 Å². The first-order valence-corrected chi connectivity index (χ1v) is 9.71. The smallest absolute Gasteiger partial charge is 0.260 e. The van der Waals surface area contributed by atoms with E-state index in [0.29, 0.717) is 5.92 Å². The monoisotopic (exact) mass is 355 g/mol. The lowest BCUT2D eigenvalue weighted by atomic mass is 9.89. The number of aromatic nitrogens is 3. The number of pyridine rings is 1. The predicted molar refractivity (Wildman–Crippen MR) is 99.7 cm³/mol. The van der Waals surface area contributed by atoms with E-state index in [0.717, 1.165) is 47.5 Å². The molecule has 0 aliphatic heterocycles. The summed E-state index contributed by atoms with van der Waals surface area (Å²) < 4.78 is 0. The van der Waals surface area contributed by atoms with E-state index in [2.05, 4.69) is 29.1 Å². The van der Waals surface area contributed by atoms with Crippen molar-refractivity contribution in [2.24, 2.45) is 5.92 Å². The molecule has 0 amide bonds. The molecule has 0 unspecified atom stereocenters. The van der Waals surface area contributed by atoms with Crippen LogP contribution in [0.2, 0.25) is 0 Å². The largest absolute Gasteiger partial charge is 0.333 e. The van der Waals surface area contributed by atoms with Crippen molar-refractivity contribution in [3.8, 4) is 0 Å². The van der Waals surface area contributed by atoms with Gasteiger partial charge in [-0.3, -0.25) is 9.78 Å². The molecule has 0 bridgehead atoms. The summed E-state index contributed by atoms with van der Waals surface area (Å²) in [7, 11) is 0. The third-order valence-electron chi connectivity index (χ3n) is 5.02. The molecular formula is C19H23N4OS+. The third kappa shape index (κ3) is 3.24. The number of quaternary nitrogens is 1. The lowest BCUT2D eigenvalue weighted by molar-refractivity contribution is -0.709. The Hall–Kier alpha value is -2.05. The van der Waals surface area contributed by atoms with Gasteiger partial charge in [-0.2, -0.15) is 0 Å². The summed E-state index contributed by atoms with van der Waals surface area (Å²) in [4.78, 5) is 27.1. The molecule has 2 atom stereocenters. The molecular weight excluding hydrogens is 332 g/mol. The van der Waals surface area contributed by atoms with Crippen LogP contribution in [0.4, 0.5) is 0 Å². The summed E-state index contributed by atoms with van der Waals surface area (Å²) in [6.07, 6.45) is 5.04. The van der Waals surface area contributed by atoms with Crippen LogP contribution in [-0.4, -0.2) is 15.0 Å². The number of nitrogens with zero attached hydrogens (tertiary/aromatic N) is 2. The Bertz CT molecular complexity index is 947. The first kappa shape index (κ1) is 16.4. The zero-order chi connectivity index (χ0) is 17.4. The van der Waals surface area contributed by atoms with E-state index >= 15 is 0 Å². The summed E-state index contributed by atoms with van der Waals surface area (Å²) in [5, 5.41) is 2.98. The van der Waals surface area contributed by atoms with Gasteiger partial charge in [0.05, 0.1) is 11.1 Å². The van der Waals surface area contributed by atoms with Crippen molar-refractivity contribution in [3.63, 3.8) is 0 Å². The number of aromatic amines is 1. The number of fused-ring (bicyclic) bond motifs is 3. The minimum absolute atomic E-state index is 0.0186. The number of aryl methyl sites for hydroxylation is 1. The molecule has 6 heteroatoms. The number of thiophene rings is 1.